The van der Waals surface area contributed by atoms with E-state index in [2.05, 4.69) is 15.2 Å². The Morgan fingerprint density at radius 1 is 1.04 bits per heavy atom. The highest BCUT2D eigenvalue weighted by Crippen LogP contribution is 2.06. The molecular formula is C16H15N3O5S. The first-order chi connectivity index (χ1) is 11.9. The molecule has 0 saturated heterocycles. The maximum Gasteiger partial charge on any atom is 0.335 e. The Morgan fingerprint density at radius 3 is 2.28 bits per heavy atom. The number of carboxylic acids is 1. The topological polar surface area (TPSA) is 125 Å². The minimum absolute atomic E-state index is 0.0600. The van der Waals surface area contributed by atoms with Gasteiger partial charge in [0, 0.05) is 0 Å². The molecular weight excluding hydrogens is 346 g/mol. The summed E-state index contributed by atoms with van der Waals surface area (Å²) in [5, 5.41) is 12.5. The lowest BCUT2D eigenvalue weighted by atomic mass is 10.1. The van der Waals surface area contributed by atoms with Gasteiger partial charge in [-0.25, -0.2) is 23.4 Å². The van der Waals surface area contributed by atoms with E-state index in [1.807, 2.05) is 0 Å². The summed E-state index contributed by atoms with van der Waals surface area (Å²) in [5.74, 6) is -1.68. The number of carbonyl (C=O) groups excluding carboxylic acids is 1. The summed E-state index contributed by atoms with van der Waals surface area (Å²) >= 11 is 0. The van der Waals surface area contributed by atoms with Crippen LogP contribution in [0.1, 0.15) is 15.9 Å². The molecule has 0 saturated carbocycles. The Hall–Kier alpha value is -3.04. The largest absolute Gasteiger partial charge is 0.478 e. The van der Waals surface area contributed by atoms with E-state index in [0.717, 1.165) is 0 Å². The summed E-state index contributed by atoms with van der Waals surface area (Å²) in [6.45, 7) is -0.466. The second-order valence-electron chi connectivity index (χ2n) is 4.86. The van der Waals surface area contributed by atoms with E-state index in [0.29, 0.717) is 5.56 Å². The number of aromatic carboxylic acids is 1. The zero-order valence-corrected chi connectivity index (χ0v) is 13.7. The number of amides is 1. The molecule has 130 valence electrons. The maximum atomic E-state index is 11.9. The standard InChI is InChI=1S/C16H15N3O5S/c20-15(11-18-25(23,24)14-4-2-1-3-5-14)19-17-10-12-6-8-13(9-7-12)16(21)22/h1-10,18H,11H2,(H,19,20)(H,21,22)/b17-10-. The minimum Gasteiger partial charge on any atom is -0.478 e. The highest BCUT2D eigenvalue weighted by Gasteiger charge is 2.14. The molecule has 2 aromatic carbocycles. The molecule has 0 unspecified atom stereocenters. The summed E-state index contributed by atoms with van der Waals surface area (Å²) in [7, 11) is -3.76. The first-order valence-electron chi connectivity index (χ1n) is 7.08. The normalized spacial score (nSPS) is 11.4. The van der Waals surface area contributed by atoms with Gasteiger partial charge >= 0.3 is 5.97 Å². The molecule has 0 heterocycles. The van der Waals surface area contributed by atoms with Gasteiger partial charge in [0.1, 0.15) is 0 Å². The minimum atomic E-state index is -3.76. The molecule has 0 atom stereocenters. The number of nitrogens with zero attached hydrogens (tertiary/aromatic N) is 1. The lowest BCUT2D eigenvalue weighted by molar-refractivity contribution is -0.119. The van der Waals surface area contributed by atoms with Crippen molar-refractivity contribution < 1.29 is 23.1 Å². The predicted molar refractivity (Wildman–Crippen MR) is 90.8 cm³/mol. The summed E-state index contributed by atoms with van der Waals surface area (Å²) in [6, 6.07) is 13.5. The number of benzene rings is 2. The van der Waals surface area contributed by atoms with Crippen LogP contribution in [-0.4, -0.2) is 38.2 Å². The van der Waals surface area contributed by atoms with E-state index in [-0.39, 0.29) is 10.5 Å². The molecule has 0 aliphatic rings. The number of carbonyl (C=O) groups is 2. The number of rotatable bonds is 7. The van der Waals surface area contributed by atoms with Crippen molar-refractivity contribution in [1.82, 2.24) is 10.1 Å². The van der Waals surface area contributed by atoms with E-state index in [1.54, 1.807) is 18.2 Å². The van der Waals surface area contributed by atoms with Gasteiger partial charge in [-0.15, -0.1) is 0 Å². The molecule has 8 nitrogen and oxygen atoms in total. The fraction of sp³-hybridized carbons (Fsp3) is 0.0625. The van der Waals surface area contributed by atoms with E-state index in [4.69, 9.17) is 5.11 Å². The van der Waals surface area contributed by atoms with Gasteiger partial charge in [0.05, 0.1) is 23.2 Å². The summed E-state index contributed by atoms with van der Waals surface area (Å²) < 4.78 is 26.0. The van der Waals surface area contributed by atoms with Crippen molar-refractivity contribution in [2.45, 2.75) is 4.90 Å². The Balaban J connectivity index is 1.85. The highest BCUT2D eigenvalue weighted by atomic mass is 32.2. The van der Waals surface area contributed by atoms with Gasteiger partial charge in [-0.3, -0.25) is 4.79 Å². The molecule has 1 amide bonds. The summed E-state index contributed by atoms with van der Waals surface area (Å²) in [5.41, 5.74) is 2.89. The third-order valence-electron chi connectivity index (χ3n) is 3.04. The Morgan fingerprint density at radius 2 is 1.68 bits per heavy atom. The van der Waals surface area contributed by atoms with Crippen molar-refractivity contribution in [1.29, 1.82) is 0 Å². The van der Waals surface area contributed by atoms with Crippen LogP contribution < -0.4 is 10.1 Å². The number of hydrazone groups is 1. The molecule has 0 aliphatic carbocycles. The molecule has 0 spiro atoms. The van der Waals surface area contributed by atoms with E-state index >= 15 is 0 Å². The third kappa shape index (κ3) is 5.52. The van der Waals surface area contributed by atoms with Crippen molar-refractivity contribution >= 4 is 28.1 Å². The number of carboxylic acid groups (broad SMARTS) is 1. The molecule has 0 aromatic heterocycles. The van der Waals surface area contributed by atoms with Crippen LogP contribution >= 0.6 is 0 Å². The monoisotopic (exact) mass is 361 g/mol. The number of nitrogens with one attached hydrogen (secondary N) is 2. The SMILES string of the molecule is O=C(CNS(=O)(=O)c1ccccc1)N/N=C\c1ccc(C(=O)O)cc1. The molecule has 2 rings (SSSR count). The lowest BCUT2D eigenvalue weighted by Crippen LogP contribution is -2.34. The number of hydrogen-bond donors (Lipinski definition) is 3. The van der Waals surface area contributed by atoms with Gasteiger partial charge in [-0.1, -0.05) is 30.3 Å². The molecule has 0 aliphatic heterocycles. The smallest absolute Gasteiger partial charge is 0.335 e. The van der Waals surface area contributed by atoms with Crippen LogP contribution in [0.3, 0.4) is 0 Å². The van der Waals surface area contributed by atoms with Gasteiger partial charge in [0.15, 0.2) is 0 Å². The van der Waals surface area contributed by atoms with Gasteiger partial charge in [-0.2, -0.15) is 5.10 Å². The van der Waals surface area contributed by atoms with Crippen molar-refractivity contribution in [3.05, 3.63) is 65.7 Å². The molecule has 2 aromatic rings. The van der Waals surface area contributed by atoms with Crippen LogP contribution in [0.25, 0.3) is 0 Å². The van der Waals surface area contributed by atoms with Gasteiger partial charge in [-0.05, 0) is 29.8 Å². The van der Waals surface area contributed by atoms with E-state index < -0.39 is 28.4 Å². The van der Waals surface area contributed by atoms with E-state index in [1.165, 1.54) is 42.6 Å². The second-order valence-corrected chi connectivity index (χ2v) is 6.62. The van der Waals surface area contributed by atoms with Gasteiger partial charge < -0.3 is 5.11 Å². The van der Waals surface area contributed by atoms with Gasteiger partial charge in [0.25, 0.3) is 5.91 Å². The molecule has 0 fully saturated rings. The van der Waals surface area contributed by atoms with Crippen LogP contribution in [0.15, 0.2) is 64.6 Å². The quantitative estimate of drug-likeness (QED) is 0.497. The zero-order valence-electron chi connectivity index (χ0n) is 12.9. The van der Waals surface area contributed by atoms with Crippen molar-refractivity contribution in [2.24, 2.45) is 5.10 Å². The third-order valence-corrected chi connectivity index (χ3v) is 4.45. The number of sulfonamides is 1. The average molecular weight is 361 g/mol. The van der Waals surface area contributed by atoms with Crippen LogP contribution in [0.5, 0.6) is 0 Å². The first-order valence-corrected chi connectivity index (χ1v) is 8.57. The zero-order chi connectivity index (χ0) is 18.3. The van der Waals surface area contributed by atoms with Crippen molar-refractivity contribution in [2.75, 3.05) is 6.54 Å². The van der Waals surface area contributed by atoms with E-state index in [9.17, 15) is 18.0 Å². The molecule has 0 radical (unpaired) electrons. The lowest BCUT2D eigenvalue weighted by Gasteiger charge is -2.05. The second kappa shape index (κ2) is 8.18. The fourth-order valence-corrected chi connectivity index (χ4v) is 2.78. The molecule has 3 N–H and O–H groups in total. The molecule has 0 bridgehead atoms. The Labute approximate surface area is 144 Å². The maximum absolute atomic E-state index is 11.9. The Kier molecular flexibility index (Phi) is 5.98. The fourth-order valence-electron chi connectivity index (χ4n) is 1.77. The first kappa shape index (κ1) is 18.3. The summed E-state index contributed by atoms with van der Waals surface area (Å²) in [4.78, 5) is 22.4. The number of hydrogen-bond acceptors (Lipinski definition) is 5. The van der Waals surface area contributed by atoms with Crippen LogP contribution in [0.4, 0.5) is 0 Å². The predicted octanol–water partition coefficient (Wildman–Crippen LogP) is 0.813. The molecule has 9 heteroatoms. The van der Waals surface area contributed by atoms with Crippen LogP contribution in [0, 0.1) is 0 Å². The summed E-state index contributed by atoms with van der Waals surface area (Å²) in [6.07, 6.45) is 1.31. The van der Waals surface area contributed by atoms with Crippen LogP contribution in [-0.2, 0) is 14.8 Å². The highest BCUT2D eigenvalue weighted by molar-refractivity contribution is 7.89. The van der Waals surface area contributed by atoms with Gasteiger partial charge in [0.2, 0.25) is 10.0 Å². The van der Waals surface area contributed by atoms with Crippen molar-refractivity contribution in [3.63, 3.8) is 0 Å². The molecule has 25 heavy (non-hydrogen) atoms. The van der Waals surface area contributed by atoms with Crippen LogP contribution in [0.2, 0.25) is 0 Å². The average Bonchev–Trinajstić information content (AvgIpc) is 2.61. The van der Waals surface area contributed by atoms with Crippen molar-refractivity contribution in [3.8, 4) is 0 Å². The Bertz CT molecular complexity index is 878.